The maximum atomic E-state index is 13.1. The van der Waals surface area contributed by atoms with Crippen molar-refractivity contribution in [3.8, 4) is 0 Å². The number of benzene rings is 2. The molecule has 0 N–H and O–H groups in total. The standard InChI is InChI=1S/C24H29N3O2/c1-18-12-19(2)14-22(13-18)27-17-21(15-23(27)28)24(29)26-10-8-25(9-11-26)16-20-6-4-3-5-7-20/h3-7,12-14,21H,8-11,15-17H2,1-2H3. The van der Waals surface area contributed by atoms with Crippen molar-refractivity contribution in [3.63, 3.8) is 0 Å². The lowest BCUT2D eigenvalue weighted by atomic mass is 10.1. The van der Waals surface area contributed by atoms with Crippen LogP contribution in [0.1, 0.15) is 23.1 Å². The molecule has 152 valence electrons. The fourth-order valence-electron chi connectivity index (χ4n) is 4.46. The number of piperazine rings is 1. The van der Waals surface area contributed by atoms with Gasteiger partial charge in [0.25, 0.3) is 0 Å². The number of carbonyl (C=O) groups is 2. The first-order chi connectivity index (χ1) is 14.0. The van der Waals surface area contributed by atoms with Crippen molar-refractivity contribution in [2.45, 2.75) is 26.8 Å². The van der Waals surface area contributed by atoms with Crippen LogP contribution in [0.2, 0.25) is 0 Å². The van der Waals surface area contributed by atoms with E-state index in [0.717, 1.165) is 49.5 Å². The zero-order valence-corrected chi connectivity index (χ0v) is 17.3. The Bertz CT molecular complexity index is 868. The van der Waals surface area contributed by atoms with Crippen LogP contribution in [0, 0.1) is 19.8 Å². The smallest absolute Gasteiger partial charge is 0.228 e. The number of amides is 2. The third kappa shape index (κ3) is 4.51. The molecule has 0 spiro atoms. The van der Waals surface area contributed by atoms with Crippen LogP contribution in [0.25, 0.3) is 0 Å². The maximum absolute atomic E-state index is 13.1. The Kier molecular flexibility index (Phi) is 5.67. The third-order valence-corrected chi connectivity index (χ3v) is 5.93. The van der Waals surface area contributed by atoms with E-state index in [1.165, 1.54) is 5.56 Å². The molecule has 2 fully saturated rings. The van der Waals surface area contributed by atoms with E-state index in [1.54, 1.807) is 4.90 Å². The zero-order chi connectivity index (χ0) is 20.4. The molecule has 2 saturated heterocycles. The predicted octanol–water partition coefficient (Wildman–Crippen LogP) is 3.00. The molecule has 0 bridgehead atoms. The van der Waals surface area contributed by atoms with Crippen molar-refractivity contribution in [2.24, 2.45) is 5.92 Å². The van der Waals surface area contributed by atoms with E-state index in [9.17, 15) is 9.59 Å². The molecular formula is C24H29N3O2. The van der Waals surface area contributed by atoms with Crippen molar-refractivity contribution >= 4 is 17.5 Å². The average Bonchev–Trinajstić information content (AvgIpc) is 3.10. The van der Waals surface area contributed by atoms with Gasteiger partial charge >= 0.3 is 0 Å². The number of rotatable bonds is 4. The van der Waals surface area contributed by atoms with Gasteiger partial charge in [-0.25, -0.2) is 0 Å². The van der Waals surface area contributed by atoms with Crippen LogP contribution in [0.5, 0.6) is 0 Å². The SMILES string of the molecule is Cc1cc(C)cc(N2CC(C(=O)N3CCN(Cc4ccccc4)CC3)CC2=O)c1. The van der Waals surface area contributed by atoms with Crippen LogP contribution in [-0.4, -0.2) is 54.3 Å². The highest BCUT2D eigenvalue weighted by Crippen LogP contribution is 2.28. The normalized spacial score (nSPS) is 20.3. The van der Waals surface area contributed by atoms with E-state index in [4.69, 9.17) is 0 Å². The lowest BCUT2D eigenvalue weighted by Gasteiger charge is -2.36. The number of carbonyl (C=O) groups excluding carboxylic acids is 2. The summed E-state index contributed by atoms with van der Waals surface area (Å²) in [6.07, 6.45) is 0.316. The van der Waals surface area contributed by atoms with Gasteiger partial charge in [-0.05, 0) is 42.7 Å². The first kappa shape index (κ1) is 19.6. The highest BCUT2D eigenvalue weighted by atomic mass is 16.2. The van der Waals surface area contributed by atoms with Crippen LogP contribution in [0.4, 0.5) is 5.69 Å². The Morgan fingerprint density at radius 3 is 2.28 bits per heavy atom. The molecule has 2 aromatic carbocycles. The molecule has 0 radical (unpaired) electrons. The summed E-state index contributed by atoms with van der Waals surface area (Å²) in [7, 11) is 0. The summed E-state index contributed by atoms with van der Waals surface area (Å²) >= 11 is 0. The number of aryl methyl sites for hydroxylation is 2. The molecule has 1 atom stereocenters. The minimum absolute atomic E-state index is 0.0519. The fourth-order valence-corrected chi connectivity index (χ4v) is 4.46. The van der Waals surface area contributed by atoms with Crippen molar-refractivity contribution in [2.75, 3.05) is 37.6 Å². The van der Waals surface area contributed by atoms with Crippen LogP contribution in [-0.2, 0) is 16.1 Å². The largest absolute Gasteiger partial charge is 0.340 e. The van der Waals surface area contributed by atoms with Gasteiger partial charge in [-0.1, -0.05) is 36.4 Å². The maximum Gasteiger partial charge on any atom is 0.228 e. The first-order valence-corrected chi connectivity index (χ1v) is 10.4. The van der Waals surface area contributed by atoms with Crippen molar-refractivity contribution < 1.29 is 9.59 Å². The van der Waals surface area contributed by atoms with E-state index in [1.807, 2.05) is 36.9 Å². The number of nitrogens with zero attached hydrogens (tertiary/aromatic N) is 3. The Morgan fingerprint density at radius 1 is 0.966 bits per heavy atom. The van der Waals surface area contributed by atoms with Gasteiger partial charge in [0.2, 0.25) is 11.8 Å². The average molecular weight is 392 g/mol. The van der Waals surface area contributed by atoms with E-state index < -0.39 is 0 Å². The first-order valence-electron chi connectivity index (χ1n) is 10.4. The summed E-state index contributed by atoms with van der Waals surface area (Å²) in [4.78, 5) is 31.8. The molecule has 5 heteroatoms. The molecule has 29 heavy (non-hydrogen) atoms. The summed E-state index contributed by atoms with van der Waals surface area (Å²) in [5, 5.41) is 0. The minimum Gasteiger partial charge on any atom is -0.340 e. The van der Waals surface area contributed by atoms with Crippen molar-refractivity contribution in [3.05, 3.63) is 65.2 Å². The highest BCUT2D eigenvalue weighted by Gasteiger charge is 2.38. The van der Waals surface area contributed by atoms with Crippen LogP contribution < -0.4 is 4.90 Å². The molecular weight excluding hydrogens is 362 g/mol. The van der Waals surface area contributed by atoms with Gasteiger partial charge in [0.1, 0.15) is 0 Å². The molecule has 5 nitrogen and oxygen atoms in total. The van der Waals surface area contributed by atoms with Crippen LogP contribution in [0.3, 0.4) is 0 Å². The predicted molar refractivity (Wildman–Crippen MR) is 115 cm³/mol. The topological polar surface area (TPSA) is 43.9 Å². The second-order valence-electron chi connectivity index (χ2n) is 8.34. The molecule has 2 aromatic rings. The van der Waals surface area contributed by atoms with Crippen molar-refractivity contribution in [1.82, 2.24) is 9.80 Å². The quantitative estimate of drug-likeness (QED) is 0.805. The second kappa shape index (κ2) is 8.37. The van der Waals surface area contributed by atoms with Gasteiger partial charge in [-0.15, -0.1) is 0 Å². The van der Waals surface area contributed by atoms with Gasteiger partial charge in [0.15, 0.2) is 0 Å². The van der Waals surface area contributed by atoms with Gasteiger partial charge in [0, 0.05) is 51.4 Å². The molecule has 2 aliphatic heterocycles. The van der Waals surface area contributed by atoms with E-state index in [-0.39, 0.29) is 17.7 Å². The van der Waals surface area contributed by atoms with E-state index in [0.29, 0.717) is 13.0 Å². The summed E-state index contributed by atoms with van der Waals surface area (Å²) in [6, 6.07) is 16.6. The van der Waals surface area contributed by atoms with Crippen LogP contribution in [0.15, 0.2) is 48.5 Å². The van der Waals surface area contributed by atoms with Crippen molar-refractivity contribution in [1.29, 1.82) is 0 Å². The molecule has 2 aliphatic rings. The molecule has 4 rings (SSSR count). The Labute approximate surface area is 172 Å². The fraction of sp³-hybridized carbons (Fsp3) is 0.417. The highest BCUT2D eigenvalue weighted by molar-refractivity contribution is 6.00. The lowest BCUT2D eigenvalue weighted by Crippen LogP contribution is -2.50. The molecule has 0 saturated carbocycles. The Balaban J connectivity index is 1.34. The summed E-state index contributed by atoms with van der Waals surface area (Å²) in [5.41, 5.74) is 4.49. The molecule has 2 amide bonds. The number of hydrogen-bond donors (Lipinski definition) is 0. The second-order valence-corrected chi connectivity index (χ2v) is 8.34. The van der Waals surface area contributed by atoms with Crippen LogP contribution >= 0.6 is 0 Å². The Hall–Kier alpha value is -2.66. The van der Waals surface area contributed by atoms with Gasteiger partial charge in [0.05, 0.1) is 5.92 Å². The monoisotopic (exact) mass is 391 g/mol. The van der Waals surface area contributed by atoms with E-state index in [2.05, 4.69) is 35.2 Å². The van der Waals surface area contributed by atoms with E-state index >= 15 is 0 Å². The van der Waals surface area contributed by atoms with Gasteiger partial charge < -0.3 is 9.80 Å². The number of hydrogen-bond acceptors (Lipinski definition) is 3. The summed E-state index contributed by atoms with van der Waals surface area (Å²) in [6.45, 7) is 8.71. The Morgan fingerprint density at radius 2 is 1.62 bits per heavy atom. The molecule has 0 aliphatic carbocycles. The third-order valence-electron chi connectivity index (χ3n) is 5.93. The lowest BCUT2D eigenvalue weighted by molar-refractivity contribution is -0.137. The summed E-state index contributed by atoms with van der Waals surface area (Å²) in [5.74, 6) is -0.0513. The summed E-state index contributed by atoms with van der Waals surface area (Å²) < 4.78 is 0. The molecule has 0 aromatic heterocycles. The minimum atomic E-state index is -0.232. The zero-order valence-electron chi connectivity index (χ0n) is 17.3. The van der Waals surface area contributed by atoms with Gasteiger partial charge in [-0.2, -0.15) is 0 Å². The van der Waals surface area contributed by atoms with Gasteiger partial charge in [-0.3, -0.25) is 14.5 Å². The molecule has 2 heterocycles. The molecule has 1 unspecified atom stereocenters. The number of anilines is 1.